The number of hydrogen-bond donors (Lipinski definition) is 2. The highest BCUT2D eigenvalue weighted by Crippen LogP contribution is 2.32. The van der Waals surface area contributed by atoms with Crippen molar-refractivity contribution in [1.82, 2.24) is 5.32 Å². The Bertz CT molecular complexity index is 403. The van der Waals surface area contributed by atoms with E-state index < -0.39 is 5.60 Å². The van der Waals surface area contributed by atoms with Crippen LogP contribution in [0.25, 0.3) is 0 Å². The van der Waals surface area contributed by atoms with E-state index >= 15 is 0 Å². The monoisotopic (exact) mass is 341 g/mol. The largest absolute Gasteiger partial charge is 0.389 e. The number of nitrogens with one attached hydrogen (secondary N) is 1. The Hall–Kier alpha value is -0.420. The predicted octanol–water partition coefficient (Wildman–Crippen LogP) is 3.42. The number of ether oxygens (including phenoxy) is 1. The van der Waals surface area contributed by atoms with Crippen molar-refractivity contribution in [3.63, 3.8) is 0 Å². The van der Waals surface area contributed by atoms with Crippen LogP contribution in [0.3, 0.4) is 0 Å². The normalized spacial score (nSPS) is 18.6. The summed E-state index contributed by atoms with van der Waals surface area (Å²) in [5, 5.41) is 13.8. The van der Waals surface area contributed by atoms with Crippen LogP contribution in [-0.4, -0.2) is 31.0 Å². The molecule has 0 saturated heterocycles. The number of methoxy groups -OCH3 is 1. The van der Waals surface area contributed by atoms with Crippen molar-refractivity contribution < 1.29 is 9.84 Å². The summed E-state index contributed by atoms with van der Waals surface area (Å²) in [6.07, 6.45) is 5.02. The smallest absolute Gasteiger partial charge is 0.0771 e. The molecule has 0 aliphatic heterocycles. The molecule has 2 rings (SSSR count). The number of aliphatic hydroxyl groups is 1. The number of hydrogen-bond acceptors (Lipinski definition) is 3. The highest BCUT2D eigenvalue weighted by Gasteiger charge is 2.34. The van der Waals surface area contributed by atoms with E-state index in [-0.39, 0.29) is 6.04 Å². The van der Waals surface area contributed by atoms with Gasteiger partial charge in [0.05, 0.1) is 5.60 Å². The lowest BCUT2D eigenvalue weighted by Gasteiger charge is -2.38. The van der Waals surface area contributed by atoms with Gasteiger partial charge >= 0.3 is 0 Å². The van der Waals surface area contributed by atoms with E-state index in [9.17, 15) is 5.11 Å². The van der Waals surface area contributed by atoms with E-state index in [2.05, 4.69) is 45.5 Å². The molecule has 0 amide bonds. The van der Waals surface area contributed by atoms with Crippen molar-refractivity contribution in [2.45, 2.75) is 43.7 Å². The van der Waals surface area contributed by atoms with Gasteiger partial charge in [0.25, 0.3) is 0 Å². The van der Waals surface area contributed by atoms with Crippen molar-refractivity contribution in [2.75, 3.05) is 20.3 Å². The fourth-order valence-electron chi connectivity index (χ4n) is 2.59. The molecule has 1 aliphatic rings. The Kier molecular flexibility index (Phi) is 6.02. The zero-order chi connectivity index (χ0) is 14.4. The minimum atomic E-state index is -0.477. The molecule has 0 radical (unpaired) electrons. The Labute approximate surface area is 129 Å². The second-order valence-corrected chi connectivity index (χ2v) is 6.61. The van der Waals surface area contributed by atoms with Crippen LogP contribution in [0.1, 0.15) is 43.7 Å². The summed E-state index contributed by atoms with van der Waals surface area (Å²) in [7, 11) is 1.74. The first-order valence-electron chi connectivity index (χ1n) is 7.33. The van der Waals surface area contributed by atoms with Crippen LogP contribution in [0, 0.1) is 0 Å². The highest BCUT2D eigenvalue weighted by atomic mass is 79.9. The summed E-state index contributed by atoms with van der Waals surface area (Å²) in [4.78, 5) is 0. The third-order valence-electron chi connectivity index (χ3n) is 4.08. The fraction of sp³-hybridized carbons (Fsp3) is 0.625. The summed E-state index contributed by atoms with van der Waals surface area (Å²) >= 11 is 3.47. The van der Waals surface area contributed by atoms with Gasteiger partial charge in [0, 0.05) is 30.8 Å². The lowest BCUT2D eigenvalue weighted by molar-refractivity contribution is -0.0335. The molecule has 1 aromatic rings. The second-order valence-electron chi connectivity index (χ2n) is 5.70. The quantitative estimate of drug-likeness (QED) is 0.712. The molecule has 0 bridgehead atoms. The first-order valence-corrected chi connectivity index (χ1v) is 8.12. The molecule has 1 fully saturated rings. The maximum atomic E-state index is 10.2. The van der Waals surface area contributed by atoms with E-state index in [0.717, 1.165) is 43.2 Å². The summed E-state index contributed by atoms with van der Waals surface area (Å²) in [5.74, 6) is 0. The average Bonchev–Trinajstić information content (AvgIpc) is 2.42. The molecule has 0 spiro atoms. The van der Waals surface area contributed by atoms with Crippen molar-refractivity contribution in [1.29, 1.82) is 0 Å². The second kappa shape index (κ2) is 7.55. The van der Waals surface area contributed by atoms with E-state index in [4.69, 9.17) is 4.74 Å². The van der Waals surface area contributed by atoms with Gasteiger partial charge in [-0.2, -0.15) is 0 Å². The average molecular weight is 342 g/mol. The number of benzene rings is 1. The molecule has 1 aromatic carbocycles. The molecular weight excluding hydrogens is 318 g/mol. The molecule has 0 heterocycles. The Balaban J connectivity index is 1.94. The van der Waals surface area contributed by atoms with Gasteiger partial charge in [0.15, 0.2) is 0 Å². The SMILES string of the molecule is COCCCC(NCC1(O)CCC1)c1ccc(Br)cc1. The number of rotatable bonds is 8. The van der Waals surface area contributed by atoms with Gasteiger partial charge in [-0.1, -0.05) is 28.1 Å². The molecule has 20 heavy (non-hydrogen) atoms. The predicted molar refractivity (Wildman–Crippen MR) is 84.8 cm³/mol. The summed E-state index contributed by atoms with van der Waals surface area (Å²) < 4.78 is 6.23. The van der Waals surface area contributed by atoms with Gasteiger partial charge < -0.3 is 15.2 Å². The van der Waals surface area contributed by atoms with E-state index in [0.29, 0.717) is 6.54 Å². The van der Waals surface area contributed by atoms with Gasteiger partial charge in [-0.3, -0.25) is 0 Å². The van der Waals surface area contributed by atoms with E-state index in [1.165, 1.54) is 5.56 Å². The van der Waals surface area contributed by atoms with Crippen molar-refractivity contribution in [3.8, 4) is 0 Å². The first-order chi connectivity index (χ1) is 9.63. The molecule has 3 nitrogen and oxygen atoms in total. The van der Waals surface area contributed by atoms with Gasteiger partial charge in [-0.25, -0.2) is 0 Å². The molecular formula is C16H24BrNO2. The summed E-state index contributed by atoms with van der Waals surface area (Å²) in [5.41, 5.74) is 0.793. The number of halogens is 1. The van der Waals surface area contributed by atoms with Crippen LogP contribution < -0.4 is 5.32 Å². The zero-order valence-electron chi connectivity index (χ0n) is 12.1. The third-order valence-corrected chi connectivity index (χ3v) is 4.60. The molecule has 1 unspecified atom stereocenters. The highest BCUT2D eigenvalue weighted by molar-refractivity contribution is 9.10. The molecule has 1 saturated carbocycles. The van der Waals surface area contributed by atoms with Crippen LogP contribution in [-0.2, 0) is 4.74 Å². The Morgan fingerprint density at radius 3 is 2.60 bits per heavy atom. The first kappa shape index (κ1) is 16.0. The minimum absolute atomic E-state index is 0.280. The van der Waals surface area contributed by atoms with Crippen molar-refractivity contribution in [2.24, 2.45) is 0 Å². The maximum Gasteiger partial charge on any atom is 0.0771 e. The molecule has 112 valence electrons. The molecule has 4 heteroatoms. The Morgan fingerprint density at radius 1 is 1.35 bits per heavy atom. The molecule has 1 atom stereocenters. The van der Waals surface area contributed by atoms with Crippen LogP contribution >= 0.6 is 15.9 Å². The molecule has 1 aliphatic carbocycles. The summed E-state index contributed by atoms with van der Waals surface area (Å²) in [6, 6.07) is 8.69. The Morgan fingerprint density at radius 2 is 2.05 bits per heavy atom. The van der Waals surface area contributed by atoms with E-state index in [1.54, 1.807) is 7.11 Å². The third kappa shape index (κ3) is 4.55. The van der Waals surface area contributed by atoms with Crippen LogP contribution in [0.2, 0.25) is 0 Å². The lowest BCUT2D eigenvalue weighted by Crippen LogP contribution is -2.47. The standard InChI is InChI=1S/C16H24BrNO2/c1-20-11-2-4-15(13-5-7-14(17)8-6-13)18-12-16(19)9-3-10-16/h5-8,15,18-19H,2-4,9-12H2,1H3. The van der Waals surface area contributed by atoms with Gasteiger partial charge in [-0.15, -0.1) is 0 Å². The van der Waals surface area contributed by atoms with Crippen LogP contribution in [0.4, 0.5) is 0 Å². The van der Waals surface area contributed by atoms with Crippen LogP contribution in [0.15, 0.2) is 28.7 Å². The minimum Gasteiger partial charge on any atom is -0.389 e. The lowest BCUT2D eigenvalue weighted by atomic mass is 9.80. The van der Waals surface area contributed by atoms with E-state index in [1.807, 2.05) is 0 Å². The zero-order valence-corrected chi connectivity index (χ0v) is 13.7. The maximum absolute atomic E-state index is 10.2. The van der Waals surface area contributed by atoms with Crippen LogP contribution in [0.5, 0.6) is 0 Å². The molecule has 2 N–H and O–H groups in total. The van der Waals surface area contributed by atoms with Gasteiger partial charge in [-0.05, 0) is 49.8 Å². The van der Waals surface area contributed by atoms with Crippen molar-refractivity contribution in [3.05, 3.63) is 34.3 Å². The fourth-order valence-corrected chi connectivity index (χ4v) is 2.85. The molecule has 0 aromatic heterocycles. The topological polar surface area (TPSA) is 41.5 Å². The van der Waals surface area contributed by atoms with Gasteiger partial charge in [0.2, 0.25) is 0 Å². The van der Waals surface area contributed by atoms with Crippen molar-refractivity contribution >= 4 is 15.9 Å². The summed E-state index contributed by atoms with van der Waals surface area (Å²) in [6.45, 7) is 1.46. The van der Waals surface area contributed by atoms with Gasteiger partial charge in [0.1, 0.15) is 0 Å².